The van der Waals surface area contributed by atoms with Crippen LogP contribution in [0, 0.1) is 0 Å². The van der Waals surface area contributed by atoms with Gasteiger partial charge in [-0.1, -0.05) is 18.2 Å². The fraction of sp³-hybridized carbons (Fsp3) is 0.333. The van der Waals surface area contributed by atoms with Gasteiger partial charge in [0.1, 0.15) is 11.4 Å². The van der Waals surface area contributed by atoms with E-state index in [-0.39, 0.29) is 6.42 Å². The van der Waals surface area contributed by atoms with Gasteiger partial charge in [0.25, 0.3) is 0 Å². The molecule has 3 N–H and O–H groups in total. The number of fused-ring (bicyclic) bond motifs is 2. The molecule has 0 saturated carbocycles. The number of H-pyrrole nitrogens is 1. The van der Waals surface area contributed by atoms with Crippen molar-refractivity contribution in [1.29, 1.82) is 0 Å². The Bertz CT molecular complexity index is 1390. The van der Waals surface area contributed by atoms with Gasteiger partial charge in [-0.15, -0.1) is 0 Å². The lowest BCUT2D eigenvalue weighted by molar-refractivity contribution is 0.171. The SMILES string of the molecule is COc1c(-c2cc3c(-c4ccc(N5CCN(C)CC5)cc4)n[nH]c3cn2)ccc2c1C(N)(F)CC2. The number of halogens is 1. The normalized spacial score (nSPS) is 20.4. The maximum Gasteiger partial charge on any atom is 0.189 e. The molecule has 7 nitrogen and oxygen atoms in total. The zero-order valence-electron chi connectivity index (χ0n) is 20.0. The smallest absolute Gasteiger partial charge is 0.189 e. The van der Waals surface area contributed by atoms with Gasteiger partial charge in [0, 0.05) is 60.4 Å². The minimum atomic E-state index is -1.90. The van der Waals surface area contributed by atoms with Gasteiger partial charge < -0.3 is 14.5 Å². The summed E-state index contributed by atoms with van der Waals surface area (Å²) in [5, 5.41) is 8.62. The zero-order valence-corrected chi connectivity index (χ0v) is 20.0. The standard InChI is InChI=1S/C27H29FN6O/c1-33-11-13-34(14-12-33)19-6-3-18(4-7-19)25-21-15-22(30-16-23(21)31-32-25)20-8-5-17-9-10-27(28,29)24(17)26(20)35-2/h3-8,15-16H,9-14,29H2,1-2H3,(H,31,32). The summed E-state index contributed by atoms with van der Waals surface area (Å²) in [4.78, 5) is 9.39. The first-order valence-electron chi connectivity index (χ1n) is 12.0. The van der Waals surface area contributed by atoms with Gasteiger partial charge in [-0.2, -0.15) is 5.10 Å². The quantitative estimate of drug-likeness (QED) is 0.436. The van der Waals surface area contributed by atoms with E-state index in [9.17, 15) is 0 Å². The molecular formula is C27H29FN6O. The number of alkyl halides is 1. The van der Waals surface area contributed by atoms with Crippen LogP contribution in [0.4, 0.5) is 10.1 Å². The Morgan fingerprint density at radius 2 is 1.86 bits per heavy atom. The van der Waals surface area contributed by atoms with Crippen molar-refractivity contribution in [2.24, 2.45) is 5.73 Å². The number of nitrogens with zero attached hydrogens (tertiary/aromatic N) is 4. The summed E-state index contributed by atoms with van der Waals surface area (Å²) in [6, 6.07) is 14.4. The van der Waals surface area contributed by atoms with Crippen LogP contribution in [0.2, 0.25) is 0 Å². The van der Waals surface area contributed by atoms with Crippen LogP contribution in [0.5, 0.6) is 5.75 Å². The van der Waals surface area contributed by atoms with Crippen molar-refractivity contribution in [3.8, 4) is 28.3 Å². The molecule has 2 aromatic heterocycles. The fourth-order valence-corrected chi connectivity index (χ4v) is 5.32. The highest BCUT2D eigenvalue weighted by atomic mass is 19.1. The van der Waals surface area contributed by atoms with E-state index >= 15 is 4.39 Å². The second-order valence-corrected chi connectivity index (χ2v) is 9.57. The van der Waals surface area contributed by atoms with Crippen molar-refractivity contribution < 1.29 is 9.13 Å². The number of rotatable bonds is 4. The molecule has 0 bridgehead atoms. The van der Waals surface area contributed by atoms with Crippen molar-refractivity contribution >= 4 is 16.6 Å². The van der Waals surface area contributed by atoms with Gasteiger partial charge in [-0.3, -0.25) is 15.8 Å². The highest BCUT2D eigenvalue weighted by Crippen LogP contribution is 2.46. The highest BCUT2D eigenvalue weighted by molar-refractivity contribution is 5.95. The molecule has 0 spiro atoms. The largest absolute Gasteiger partial charge is 0.496 e. The Morgan fingerprint density at radius 3 is 2.60 bits per heavy atom. The molecule has 0 amide bonds. The predicted molar refractivity (Wildman–Crippen MR) is 136 cm³/mol. The molecule has 2 aromatic carbocycles. The van der Waals surface area contributed by atoms with Crippen LogP contribution in [0.1, 0.15) is 17.5 Å². The number of piperazine rings is 1. The molecular weight excluding hydrogens is 443 g/mol. The Balaban J connectivity index is 1.37. The van der Waals surface area contributed by atoms with Gasteiger partial charge >= 0.3 is 0 Å². The molecule has 1 aliphatic carbocycles. The van der Waals surface area contributed by atoms with Gasteiger partial charge in [0.15, 0.2) is 5.79 Å². The summed E-state index contributed by atoms with van der Waals surface area (Å²) in [6.45, 7) is 4.20. The van der Waals surface area contributed by atoms with Gasteiger partial charge in [-0.25, -0.2) is 4.39 Å². The number of ether oxygens (including phenoxy) is 1. The molecule has 2 aliphatic rings. The van der Waals surface area contributed by atoms with Crippen LogP contribution >= 0.6 is 0 Å². The van der Waals surface area contributed by atoms with E-state index < -0.39 is 5.79 Å². The number of nitrogens with two attached hydrogens (primary N) is 1. The average molecular weight is 473 g/mol. The van der Waals surface area contributed by atoms with E-state index in [1.165, 1.54) is 5.69 Å². The third-order valence-corrected chi connectivity index (χ3v) is 7.35. The van der Waals surface area contributed by atoms with E-state index in [1.54, 1.807) is 13.3 Å². The van der Waals surface area contributed by atoms with Crippen LogP contribution in [0.15, 0.2) is 48.7 Å². The lowest BCUT2D eigenvalue weighted by atomic mass is 9.98. The third-order valence-electron chi connectivity index (χ3n) is 7.35. The number of nitrogens with one attached hydrogen (secondary N) is 1. The first kappa shape index (κ1) is 22.0. The van der Waals surface area contributed by atoms with Crippen molar-refractivity contribution in [1.82, 2.24) is 20.1 Å². The number of hydrogen-bond donors (Lipinski definition) is 2. The lowest BCUT2D eigenvalue weighted by Crippen LogP contribution is -2.44. The molecule has 4 aromatic rings. The lowest BCUT2D eigenvalue weighted by Gasteiger charge is -2.34. The number of benzene rings is 2. The first-order valence-corrected chi connectivity index (χ1v) is 12.0. The van der Waals surface area contributed by atoms with E-state index in [1.807, 2.05) is 18.2 Å². The second kappa shape index (κ2) is 8.32. The topological polar surface area (TPSA) is 83.3 Å². The van der Waals surface area contributed by atoms with Crippen molar-refractivity contribution in [2.45, 2.75) is 18.6 Å². The molecule has 1 fully saturated rings. The number of aromatic nitrogens is 3. The minimum Gasteiger partial charge on any atom is -0.496 e. The van der Waals surface area contributed by atoms with Crippen LogP contribution in [-0.2, 0) is 12.2 Å². The maximum atomic E-state index is 15.1. The van der Waals surface area contributed by atoms with Gasteiger partial charge in [-0.05, 0) is 43.3 Å². The van der Waals surface area contributed by atoms with Crippen LogP contribution in [0.25, 0.3) is 33.4 Å². The van der Waals surface area contributed by atoms with E-state index in [0.29, 0.717) is 23.4 Å². The molecule has 0 radical (unpaired) electrons. The Morgan fingerprint density at radius 1 is 1.09 bits per heavy atom. The van der Waals surface area contributed by atoms with Crippen LogP contribution < -0.4 is 15.4 Å². The highest BCUT2D eigenvalue weighted by Gasteiger charge is 2.39. The van der Waals surface area contributed by atoms with E-state index in [0.717, 1.165) is 59.5 Å². The van der Waals surface area contributed by atoms with Gasteiger partial charge in [0.2, 0.25) is 0 Å². The van der Waals surface area contributed by atoms with Crippen molar-refractivity contribution in [2.75, 3.05) is 45.2 Å². The molecule has 1 aliphatic heterocycles. The zero-order chi connectivity index (χ0) is 24.2. The number of methoxy groups -OCH3 is 1. The Kier molecular flexibility index (Phi) is 5.23. The van der Waals surface area contributed by atoms with Crippen molar-refractivity contribution in [3.05, 3.63) is 59.8 Å². The monoisotopic (exact) mass is 472 g/mol. The summed E-state index contributed by atoms with van der Waals surface area (Å²) >= 11 is 0. The molecule has 1 atom stereocenters. The Hall–Kier alpha value is -3.49. The van der Waals surface area contributed by atoms with E-state index in [2.05, 4.69) is 56.3 Å². The molecule has 8 heteroatoms. The predicted octanol–water partition coefficient (Wildman–Crippen LogP) is 4.08. The molecule has 6 rings (SSSR count). The number of hydrogen-bond acceptors (Lipinski definition) is 6. The van der Waals surface area contributed by atoms with Crippen LogP contribution in [0.3, 0.4) is 0 Å². The summed E-state index contributed by atoms with van der Waals surface area (Å²) in [6.07, 6.45) is 2.61. The van der Waals surface area contributed by atoms with Crippen molar-refractivity contribution in [3.63, 3.8) is 0 Å². The Labute approximate surface area is 203 Å². The van der Waals surface area contributed by atoms with Crippen LogP contribution in [-0.4, -0.2) is 60.4 Å². The molecule has 35 heavy (non-hydrogen) atoms. The summed E-state index contributed by atoms with van der Waals surface area (Å²) in [5.74, 6) is -1.44. The minimum absolute atomic E-state index is 0.255. The number of aromatic amines is 1. The number of anilines is 1. The second-order valence-electron chi connectivity index (χ2n) is 9.57. The summed E-state index contributed by atoms with van der Waals surface area (Å²) in [7, 11) is 3.71. The average Bonchev–Trinajstić information content (AvgIpc) is 3.44. The maximum absolute atomic E-state index is 15.1. The van der Waals surface area contributed by atoms with Gasteiger partial charge in [0.05, 0.1) is 24.5 Å². The summed E-state index contributed by atoms with van der Waals surface area (Å²) in [5.41, 5.74) is 12.7. The number of likely N-dealkylation sites (N-methyl/N-ethyl adjacent to an activating group) is 1. The molecule has 1 unspecified atom stereocenters. The number of pyridine rings is 1. The summed E-state index contributed by atoms with van der Waals surface area (Å²) < 4.78 is 20.8. The molecule has 1 saturated heterocycles. The first-order chi connectivity index (χ1) is 16.9. The third kappa shape index (κ3) is 3.73. The molecule has 3 heterocycles. The molecule has 180 valence electrons. The fourth-order valence-electron chi connectivity index (χ4n) is 5.32. The number of aryl methyl sites for hydroxylation is 1. The van der Waals surface area contributed by atoms with E-state index in [4.69, 9.17) is 10.5 Å².